The van der Waals surface area contributed by atoms with Crippen LogP contribution in [0.25, 0.3) is 0 Å². The van der Waals surface area contributed by atoms with Crippen molar-refractivity contribution >= 4 is 29.1 Å². The molecule has 0 atom stereocenters. The Bertz CT molecular complexity index is 540. The van der Waals surface area contributed by atoms with Crippen LogP contribution in [0.1, 0.15) is 10.4 Å². The molecule has 94 valence electrons. The number of hydrogen-bond donors (Lipinski definition) is 1. The molecular formula is C12H11Cl2N3O. The summed E-state index contributed by atoms with van der Waals surface area (Å²) in [6.45, 7) is 1.13. The molecule has 1 amide bonds. The lowest BCUT2D eigenvalue weighted by molar-refractivity contribution is 0.0952. The number of amides is 1. The lowest BCUT2D eigenvalue weighted by Gasteiger charge is -2.06. The Morgan fingerprint density at radius 1 is 1.33 bits per heavy atom. The Hall–Kier alpha value is -1.52. The van der Waals surface area contributed by atoms with Gasteiger partial charge in [-0.3, -0.25) is 9.48 Å². The first kappa shape index (κ1) is 12.9. The lowest BCUT2D eigenvalue weighted by atomic mass is 10.2. The van der Waals surface area contributed by atoms with Gasteiger partial charge in [0.25, 0.3) is 5.91 Å². The average molecular weight is 284 g/mol. The van der Waals surface area contributed by atoms with Crippen LogP contribution in [0.3, 0.4) is 0 Å². The Labute approximate surface area is 115 Å². The third-order valence-electron chi connectivity index (χ3n) is 2.37. The maximum atomic E-state index is 11.8. The molecule has 2 rings (SSSR count). The van der Waals surface area contributed by atoms with E-state index in [1.165, 1.54) is 0 Å². The van der Waals surface area contributed by atoms with Gasteiger partial charge in [-0.1, -0.05) is 23.2 Å². The van der Waals surface area contributed by atoms with Crippen LogP contribution in [0.4, 0.5) is 0 Å². The summed E-state index contributed by atoms with van der Waals surface area (Å²) in [6, 6.07) is 6.62. The second kappa shape index (κ2) is 5.89. The molecule has 0 spiro atoms. The van der Waals surface area contributed by atoms with Crippen molar-refractivity contribution in [1.82, 2.24) is 15.1 Å². The van der Waals surface area contributed by atoms with E-state index in [4.69, 9.17) is 23.2 Å². The van der Waals surface area contributed by atoms with Crippen molar-refractivity contribution < 1.29 is 4.79 Å². The van der Waals surface area contributed by atoms with Crippen molar-refractivity contribution in [3.05, 3.63) is 52.3 Å². The first-order chi connectivity index (χ1) is 8.66. The van der Waals surface area contributed by atoms with Gasteiger partial charge >= 0.3 is 0 Å². The van der Waals surface area contributed by atoms with Crippen LogP contribution in [0.5, 0.6) is 0 Å². The number of hydrogen-bond acceptors (Lipinski definition) is 2. The normalized spacial score (nSPS) is 10.3. The zero-order valence-corrected chi connectivity index (χ0v) is 10.9. The van der Waals surface area contributed by atoms with E-state index >= 15 is 0 Å². The van der Waals surface area contributed by atoms with Gasteiger partial charge in [-0.15, -0.1) is 0 Å². The summed E-state index contributed by atoms with van der Waals surface area (Å²) in [5.41, 5.74) is 0.491. The second-order valence-corrected chi connectivity index (χ2v) is 4.47. The molecule has 0 fully saturated rings. The van der Waals surface area contributed by atoms with Crippen LogP contribution in [-0.2, 0) is 6.54 Å². The molecule has 4 nitrogen and oxygen atoms in total. The summed E-state index contributed by atoms with van der Waals surface area (Å²) >= 11 is 11.6. The molecule has 18 heavy (non-hydrogen) atoms. The quantitative estimate of drug-likeness (QED) is 0.938. The molecule has 1 N–H and O–H groups in total. The van der Waals surface area contributed by atoms with Crippen LogP contribution < -0.4 is 5.32 Å². The van der Waals surface area contributed by atoms with Gasteiger partial charge in [-0.25, -0.2) is 0 Å². The number of carbonyl (C=O) groups is 1. The summed E-state index contributed by atoms with van der Waals surface area (Å²) in [7, 11) is 0. The van der Waals surface area contributed by atoms with E-state index in [0.717, 1.165) is 0 Å². The Morgan fingerprint density at radius 2 is 2.17 bits per heavy atom. The Kier molecular flexibility index (Phi) is 4.23. The summed E-state index contributed by atoms with van der Waals surface area (Å²) < 4.78 is 1.75. The molecule has 0 aliphatic carbocycles. The van der Waals surface area contributed by atoms with Gasteiger partial charge in [0.05, 0.1) is 16.6 Å². The molecule has 2 aromatic rings. The predicted molar refractivity (Wildman–Crippen MR) is 71.0 cm³/mol. The highest BCUT2D eigenvalue weighted by Gasteiger charge is 2.07. The standard InChI is InChI=1S/C12H11Cl2N3O/c13-10-3-2-9(8-11(10)14)12(18)15-5-7-17-6-1-4-16-17/h1-4,6,8H,5,7H2,(H,15,18). The third kappa shape index (κ3) is 3.24. The Balaban J connectivity index is 1.89. The average Bonchev–Trinajstić information content (AvgIpc) is 2.85. The van der Waals surface area contributed by atoms with E-state index in [1.807, 2.05) is 12.3 Å². The monoisotopic (exact) mass is 283 g/mol. The highest BCUT2D eigenvalue weighted by atomic mass is 35.5. The summed E-state index contributed by atoms with van der Waals surface area (Å²) in [5.74, 6) is -0.180. The van der Waals surface area contributed by atoms with E-state index in [2.05, 4.69) is 10.4 Å². The molecule has 1 aromatic carbocycles. The summed E-state index contributed by atoms with van der Waals surface area (Å²) in [4.78, 5) is 11.8. The third-order valence-corrected chi connectivity index (χ3v) is 3.11. The fourth-order valence-corrected chi connectivity index (χ4v) is 1.75. The minimum atomic E-state index is -0.180. The van der Waals surface area contributed by atoms with Gasteiger partial charge in [0.1, 0.15) is 0 Å². The number of aromatic nitrogens is 2. The van der Waals surface area contributed by atoms with Gasteiger partial charge in [0.2, 0.25) is 0 Å². The molecule has 1 heterocycles. The van der Waals surface area contributed by atoms with E-state index < -0.39 is 0 Å². The highest BCUT2D eigenvalue weighted by molar-refractivity contribution is 6.42. The van der Waals surface area contributed by atoms with Crippen molar-refractivity contribution in [3.8, 4) is 0 Å². The van der Waals surface area contributed by atoms with Gasteiger partial charge in [0.15, 0.2) is 0 Å². The molecule has 1 aromatic heterocycles. The van der Waals surface area contributed by atoms with Crippen LogP contribution in [0.15, 0.2) is 36.7 Å². The zero-order chi connectivity index (χ0) is 13.0. The topological polar surface area (TPSA) is 46.9 Å². The van der Waals surface area contributed by atoms with Crippen LogP contribution >= 0.6 is 23.2 Å². The van der Waals surface area contributed by atoms with Gasteiger partial charge in [-0.05, 0) is 24.3 Å². The zero-order valence-electron chi connectivity index (χ0n) is 9.44. The number of rotatable bonds is 4. The molecule has 0 saturated carbocycles. The maximum absolute atomic E-state index is 11.8. The van der Waals surface area contributed by atoms with Crippen LogP contribution in [-0.4, -0.2) is 22.2 Å². The van der Waals surface area contributed by atoms with Crippen molar-refractivity contribution in [3.63, 3.8) is 0 Å². The number of benzene rings is 1. The first-order valence-electron chi connectivity index (χ1n) is 5.37. The van der Waals surface area contributed by atoms with Crippen LogP contribution in [0.2, 0.25) is 10.0 Å². The first-order valence-corrected chi connectivity index (χ1v) is 6.13. The van der Waals surface area contributed by atoms with Gasteiger partial charge in [0, 0.05) is 24.5 Å². The largest absolute Gasteiger partial charge is 0.350 e. The van der Waals surface area contributed by atoms with Crippen molar-refractivity contribution in [2.75, 3.05) is 6.54 Å². The van der Waals surface area contributed by atoms with E-state index in [9.17, 15) is 4.79 Å². The number of carbonyl (C=O) groups excluding carboxylic acids is 1. The molecule has 0 aliphatic rings. The Morgan fingerprint density at radius 3 is 2.83 bits per heavy atom. The molecule has 0 unspecified atom stereocenters. The number of nitrogens with zero attached hydrogens (tertiary/aromatic N) is 2. The highest BCUT2D eigenvalue weighted by Crippen LogP contribution is 2.22. The smallest absolute Gasteiger partial charge is 0.251 e. The van der Waals surface area contributed by atoms with Crippen molar-refractivity contribution in [2.45, 2.75) is 6.54 Å². The predicted octanol–water partition coefficient (Wildman–Crippen LogP) is 2.62. The van der Waals surface area contributed by atoms with E-state index in [1.54, 1.807) is 29.1 Å². The lowest BCUT2D eigenvalue weighted by Crippen LogP contribution is -2.27. The minimum absolute atomic E-state index is 0.180. The molecule has 0 saturated heterocycles. The van der Waals surface area contributed by atoms with Crippen molar-refractivity contribution in [1.29, 1.82) is 0 Å². The van der Waals surface area contributed by atoms with E-state index in [0.29, 0.717) is 28.7 Å². The number of nitrogens with one attached hydrogen (secondary N) is 1. The summed E-state index contributed by atoms with van der Waals surface area (Å²) in [6.07, 6.45) is 3.53. The molecule has 0 radical (unpaired) electrons. The molecule has 0 bridgehead atoms. The van der Waals surface area contributed by atoms with Gasteiger partial charge < -0.3 is 5.32 Å². The second-order valence-electron chi connectivity index (χ2n) is 3.65. The summed E-state index contributed by atoms with van der Waals surface area (Å²) in [5, 5.41) is 7.63. The molecule has 0 aliphatic heterocycles. The van der Waals surface area contributed by atoms with Crippen LogP contribution in [0, 0.1) is 0 Å². The maximum Gasteiger partial charge on any atom is 0.251 e. The SMILES string of the molecule is O=C(NCCn1cccn1)c1ccc(Cl)c(Cl)c1. The van der Waals surface area contributed by atoms with Crippen molar-refractivity contribution in [2.24, 2.45) is 0 Å². The van der Waals surface area contributed by atoms with E-state index in [-0.39, 0.29) is 5.91 Å². The molecular weight excluding hydrogens is 273 g/mol. The van der Waals surface area contributed by atoms with Gasteiger partial charge in [-0.2, -0.15) is 5.10 Å². The fourth-order valence-electron chi connectivity index (χ4n) is 1.46. The molecule has 6 heteroatoms. The fraction of sp³-hybridized carbons (Fsp3) is 0.167. The number of halogens is 2. The minimum Gasteiger partial charge on any atom is -0.350 e.